The molecule has 2 atom stereocenters. The van der Waals surface area contributed by atoms with Gasteiger partial charge in [-0.2, -0.15) is 5.10 Å². The third-order valence-corrected chi connectivity index (χ3v) is 5.94. The van der Waals surface area contributed by atoms with E-state index in [1.807, 2.05) is 42.9 Å². The Morgan fingerprint density at radius 1 is 1.34 bits per heavy atom. The highest BCUT2D eigenvalue weighted by molar-refractivity contribution is 5.94. The molecule has 2 unspecified atom stereocenters. The lowest BCUT2D eigenvalue weighted by Gasteiger charge is -2.18. The summed E-state index contributed by atoms with van der Waals surface area (Å²) < 4.78 is 7.50. The molecule has 1 aliphatic heterocycles. The summed E-state index contributed by atoms with van der Waals surface area (Å²) in [4.78, 5) is 16.8. The van der Waals surface area contributed by atoms with Gasteiger partial charge in [0.2, 0.25) is 0 Å². The summed E-state index contributed by atoms with van der Waals surface area (Å²) in [5, 5.41) is 14.3. The highest BCUT2D eigenvalue weighted by atomic mass is 16.5. The monoisotopic (exact) mass is 440 g/mol. The van der Waals surface area contributed by atoms with E-state index in [1.165, 1.54) is 11.3 Å². The summed E-state index contributed by atoms with van der Waals surface area (Å²) >= 11 is 0. The lowest BCUT2D eigenvalue weighted by Crippen LogP contribution is -2.42. The number of guanidine groups is 1. The maximum atomic E-state index is 12.5. The first-order valence-corrected chi connectivity index (χ1v) is 11.3. The first-order chi connectivity index (χ1) is 15.4. The summed E-state index contributed by atoms with van der Waals surface area (Å²) in [5.41, 5.74) is 5.19. The predicted octanol–water partition coefficient (Wildman–Crippen LogP) is 2.24. The second-order valence-corrected chi connectivity index (χ2v) is 8.49. The zero-order valence-electron chi connectivity index (χ0n) is 19.9. The van der Waals surface area contributed by atoms with Gasteiger partial charge in [-0.15, -0.1) is 0 Å². The van der Waals surface area contributed by atoms with Gasteiger partial charge in [0.1, 0.15) is 0 Å². The molecule has 2 aromatic rings. The Bertz CT molecular complexity index is 946. The number of nitrogens with zero attached hydrogens (tertiary/aromatic N) is 3. The van der Waals surface area contributed by atoms with Crippen LogP contribution >= 0.6 is 0 Å². The fraction of sp³-hybridized carbons (Fsp3) is 0.542. The van der Waals surface area contributed by atoms with E-state index in [9.17, 15) is 4.79 Å². The molecule has 1 aliphatic rings. The maximum Gasteiger partial charge on any atom is 0.251 e. The third kappa shape index (κ3) is 6.32. The van der Waals surface area contributed by atoms with Crippen LogP contribution in [0.3, 0.4) is 0 Å². The molecule has 1 amide bonds. The van der Waals surface area contributed by atoms with Crippen LogP contribution in [0.5, 0.6) is 0 Å². The van der Waals surface area contributed by atoms with Crippen LogP contribution in [0.25, 0.3) is 0 Å². The summed E-state index contributed by atoms with van der Waals surface area (Å²) in [7, 11) is 3.74. The highest BCUT2D eigenvalue weighted by Gasteiger charge is 2.17. The first kappa shape index (κ1) is 23.8. The van der Waals surface area contributed by atoms with E-state index in [0.717, 1.165) is 43.1 Å². The minimum Gasteiger partial charge on any atom is -0.376 e. The molecule has 0 bridgehead atoms. The van der Waals surface area contributed by atoms with Gasteiger partial charge in [0, 0.05) is 51.1 Å². The Labute approximate surface area is 190 Å². The van der Waals surface area contributed by atoms with Gasteiger partial charge in [-0.3, -0.25) is 14.5 Å². The molecule has 3 N–H and O–H groups in total. The number of aromatic nitrogens is 2. The van der Waals surface area contributed by atoms with E-state index in [-0.39, 0.29) is 18.1 Å². The van der Waals surface area contributed by atoms with Crippen LogP contribution in [0.1, 0.15) is 52.6 Å². The topological polar surface area (TPSA) is 92.6 Å². The smallest absolute Gasteiger partial charge is 0.251 e. The van der Waals surface area contributed by atoms with E-state index in [4.69, 9.17) is 4.74 Å². The standard InChI is InChI=1S/C24H36N6O2/c1-16(12-22-17(2)29-30(5)18(22)3)28-24(25-4)27-14-19-8-6-9-20(13-19)23(31)26-15-21-10-7-11-32-21/h6,8-9,13,16,21H,7,10-12,14-15H2,1-5H3,(H,26,31)(H2,25,27,28). The van der Waals surface area contributed by atoms with Crippen molar-refractivity contribution in [2.75, 3.05) is 20.2 Å². The lowest BCUT2D eigenvalue weighted by atomic mass is 10.1. The van der Waals surface area contributed by atoms with Crippen molar-refractivity contribution in [2.45, 2.75) is 58.7 Å². The molecule has 2 heterocycles. The number of carbonyl (C=O) groups excluding carboxylic acids is 1. The van der Waals surface area contributed by atoms with Crippen molar-refractivity contribution in [3.8, 4) is 0 Å². The molecule has 1 saturated heterocycles. The molecule has 8 heteroatoms. The zero-order valence-corrected chi connectivity index (χ0v) is 19.9. The van der Waals surface area contributed by atoms with Crippen LogP contribution in [-0.2, 0) is 24.8 Å². The lowest BCUT2D eigenvalue weighted by molar-refractivity contribution is 0.0857. The number of nitrogens with one attached hydrogen (secondary N) is 3. The van der Waals surface area contributed by atoms with Crippen LogP contribution in [-0.4, -0.2) is 54.0 Å². The van der Waals surface area contributed by atoms with Gasteiger partial charge >= 0.3 is 0 Å². The normalized spacial score (nSPS) is 17.3. The Morgan fingerprint density at radius 3 is 2.81 bits per heavy atom. The second-order valence-electron chi connectivity index (χ2n) is 8.49. The number of rotatable bonds is 8. The third-order valence-electron chi connectivity index (χ3n) is 5.94. The minimum atomic E-state index is -0.0688. The molecule has 174 valence electrons. The maximum absolute atomic E-state index is 12.5. The highest BCUT2D eigenvalue weighted by Crippen LogP contribution is 2.14. The van der Waals surface area contributed by atoms with Crippen LogP contribution in [0, 0.1) is 13.8 Å². The number of amides is 1. The first-order valence-electron chi connectivity index (χ1n) is 11.3. The SMILES string of the molecule is CN=C(NCc1cccc(C(=O)NCC2CCCO2)c1)NC(C)Cc1c(C)nn(C)c1C. The van der Waals surface area contributed by atoms with Crippen LogP contribution in [0.4, 0.5) is 0 Å². The molecule has 3 rings (SSSR count). The molecule has 0 aliphatic carbocycles. The van der Waals surface area contributed by atoms with Crippen molar-refractivity contribution in [3.63, 3.8) is 0 Å². The fourth-order valence-corrected chi connectivity index (χ4v) is 4.02. The number of hydrogen-bond donors (Lipinski definition) is 3. The van der Waals surface area contributed by atoms with Crippen LogP contribution in [0.15, 0.2) is 29.3 Å². The average molecular weight is 441 g/mol. The zero-order chi connectivity index (χ0) is 23.1. The summed E-state index contributed by atoms with van der Waals surface area (Å²) in [6.45, 7) is 8.20. The van der Waals surface area contributed by atoms with Crippen molar-refractivity contribution < 1.29 is 9.53 Å². The molecule has 0 radical (unpaired) electrons. The van der Waals surface area contributed by atoms with Crippen molar-refractivity contribution in [3.05, 3.63) is 52.3 Å². The number of ether oxygens (including phenoxy) is 1. The quantitative estimate of drug-likeness (QED) is 0.433. The Kier molecular flexibility index (Phi) is 8.27. The molecule has 1 aromatic carbocycles. The number of aliphatic imine (C=N–C) groups is 1. The van der Waals surface area contributed by atoms with E-state index >= 15 is 0 Å². The molecule has 0 saturated carbocycles. The van der Waals surface area contributed by atoms with Gasteiger partial charge in [0.15, 0.2) is 5.96 Å². The van der Waals surface area contributed by atoms with Crippen LogP contribution < -0.4 is 16.0 Å². The van der Waals surface area contributed by atoms with Gasteiger partial charge in [0.05, 0.1) is 11.8 Å². The van der Waals surface area contributed by atoms with Crippen molar-refractivity contribution in [2.24, 2.45) is 12.0 Å². The molecule has 8 nitrogen and oxygen atoms in total. The van der Waals surface area contributed by atoms with Gasteiger partial charge in [0.25, 0.3) is 5.91 Å². The Morgan fingerprint density at radius 2 is 2.16 bits per heavy atom. The van der Waals surface area contributed by atoms with Gasteiger partial charge in [-0.05, 0) is 63.3 Å². The van der Waals surface area contributed by atoms with E-state index < -0.39 is 0 Å². The number of carbonyl (C=O) groups is 1. The summed E-state index contributed by atoms with van der Waals surface area (Å²) in [5.74, 6) is 0.658. The fourth-order valence-electron chi connectivity index (χ4n) is 4.02. The van der Waals surface area contributed by atoms with Crippen molar-refractivity contribution in [1.29, 1.82) is 0 Å². The van der Waals surface area contributed by atoms with Crippen molar-refractivity contribution in [1.82, 2.24) is 25.7 Å². The number of benzene rings is 1. The molecule has 0 spiro atoms. The number of aryl methyl sites for hydroxylation is 2. The van der Waals surface area contributed by atoms with Gasteiger partial charge in [-0.25, -0.2) is 0 Å². The molecule has 32 heavy (non-hydrogen) atoms. The summed E-state index contributed by atoms with van der Waals surface area (Å²) in [6, 6.07) is 7.85. The molecular weight excluding hydrogens is 404 g/mol. The van der Waals surface area contributed by atoms with Crippen molar-refractivity contribution >= 4 is 11.9 Å². The molecule has 1 fully saturated rings. The Balaban J connectivity index is 1.50. The minimum absolute atomic E-state index is 0.0688. The molecule has 1 aromatic heterocycles. The molecular formula is C24H36N6O2. The van der Waals surface area contributed by atoms with E-state index in [1.54, 1.807) is 7.05 Å². The summed E-state index contributed by atoms with van der Waals surface area (Å²) in [6.07, 6.45) is 3.08. The largest absolute Gasteiger partial charge is 0.376 e. The van der Waals surface area contributed by atoms with Crippen LogP contribution in [0.2, 0.25) is 0 Å². The van der Waals surface area contributed by atoms with Gasteiger partial charge < -0.3 is 20.7 Å². The van der Waals surface area contributed by atoms with E-state index in [0.29, 0.717) is 18.7 Å². The van der Waals surface area contributed by atoms with E-state index in [2.05, 4.69) is 39.9 Å². The number of hydrogen-bond acceptors (Lipinski definition) is 4. The Hall–Kier alpha value is -2.87. The second kappa shape index (κ2) is 11.1. The average Bonchev–Trinajstić information content (AvgIpc) is 3.39. The predicted molar refractivity (Wildman–Crippen MR) is 127 cm³/mol. The van der Waals surface area contributed by atoms with Gasteiger partial charge in [-0.1, -0.05) is 12.1 Å².